The first-order valence-corrected chi connectivity index (χ1v) is 4.71. The molecule has 2 nitrogen and oxygen atoms in total. The van der Waals surface area contributed by atoms with Gasteiger partial charge in [-0.25, -0.2) is 0 Å². The van der Waals surface area contributed by atoms with Crippen molar-refractivity contribution in [1.29, 1.82) is 0 Å². The minimum absolute atomic E-state index is 1.04. The summed E-state index contributed by atoms with van der Waals surface area (Å²) in [4.78, 5) is 0. The Morgan fingerprint density at radius 3 is 3.00 bits per heavy atom. The lowest BCUT2D eigenvalue weighted by Gasteiger charge is -2.02. The molecule has 0 atom stereocenters. The molecule has 0 unspecified atom stereocenters. The molecule has 0 fully saturated rings. The van der Waals surface area contributed by atoms with Crippen molar-refractivity contribution in [2.24, 2.45) is 0 Å². The molecule has 68 valence electrons. The second kappa shape index (κ2) is 3.52. The quantitative estimate of drug-likeness (QED) is 0.756. The lowest BCUT2D eigenvalue weighted by molar-refractivity contribution is 0.981. The van der Waals surface area contributed by atoms with E-state index in [0.29, 0.717) is 0 Å². The third kappa shape index (κ3) is 1.52. The van der Waals surface area contributed by atoms with E-state index in [4.69, 9.17) is 0 Å². The average Bonchev–Trinajstić information content (AvgIpc) is 2.58. The van der Waals surface area contributed by atoms with Crippen molar-refractivity contribution in [3.8, 4) is 0 Å². The van der Waals surface area contributed by atoms with Crippen molar-refractivity contribution in [2.45, 2.75) is 13.3 Å². The standard InChI is InChI=1S/C11H14N2/c1-2-7-12-10-6-9-13-8-4-3-5-11(10)13/h3-6,8-9,12H,2,7H2,1H3. The van der Waals surface area contributed by atoms with Crippen LogP contribution in [0.4, 0.5) is 5.69 Å². The third-order valence-corrected chi connectivity index (χ3v) is 2.13. The smallest absolute Gasteiger partial charge is 0.0683 e. The van der Waals surface area contributed by atoms with Crippen LogP contribution in [0.2, 0.25) is 0 Å². The van der Waals surface area contributed by atoms with Crippen LogP contribution in [0.15, 0.2) is 36.7 Å². The topological polar surface area (TPSA) is 16.4 Å². The van der Waals surface area contributed by atoms with Gasteiger partial charge in [0.15, 0.2) is 0 Å². The van der Waals surface area contributed by atoms with Crippen LogP contribution in [0, 0.1) is 0 Å². The number of hydrogen-bond donors (Lipinski definition) is 1. The first-order chi connectivity index (χ1) is 6.42. The molecule has 0 saturated carbocycles. The minimum Gasteiger partial charge on any atom is -0.383 e. The van der Waals surface area contributed by atoms with Crippen LogP contribution in [-0.4, -0.2) is 10.9 Å². The van der Waals surface area contributed by atoms with Gasteiger partial charge >= 0.3 is 0 Å². The fourth-order valence-electron chi connectivity index (χ4n) is 1.46. The summed E-state index contributed by atoms with van der Waals surface area (Å²) in [6.45, 7) is 3.21. The Morgan fingerprint density at radius 2 is 2.15 bits per heavy atom. The van der Waals surface area contributed by atoms with Crippen molar-refractivity contribution < 1.29 is 0 Å². The average molecular weight is 174 g/mol. The summed E-state index contributed by atoms with van der Waals surface area (Å²) >= 11 is 0. The number of anilines is 1. The molecule has 2 heteroatoms. The van der Waals surface area contributed by atoms with Gasteiger partial charge in [0, 0.05) is 18.9 Å². The van der Waals surface area contributed by atoms with E-state index in [2.05, 4.69) is 47.2 Å². The summed E-state index contributed by atoms with van der Waals surface area (Å²) in [5, 5.41) is 3.40. The maximum absolute atomic E-state index is 3.40. The molecule has 0 bridgehead atoms. The van der Waals surface area contributed by atoms with Crippen LogP contribution in [-0.2, 0) is 0 Å². The molecule has 2 rings (SSSR count). The number of pyridine rings is 1. The Labute approximate surface area is 78.2 Å². The van der Waals surface area contributed by atoms with Gasteiger partial charge in [0.05, 0.1) is 11.2 Å². The highest BCUT2D eigenvalue weighted by Gasteiger charge is 1.98. The predicted molar refractivity (Wildman–Crippen MR) is 56.2 cm³/mol. The molecule has 2 aromatic heterocycles. The van der Waals surface area contributed by atoms with Crippen LogP contribution < -0.4 is 5.32 Å². The number of nitrogens with zero attached hydrogens (tertiary/aromatic N) is 1. The van der Waals surface area contributed by atoms with Gasteiger partial charge in [0.2, 0.25) is 0 Å². The van der Waals surface area contributed by atoms with Gasteiger partial charge in [0.1, 0.15) is 0 Å². The monoisotopic (exact) mass is 174 g/mol. The number of fused-ring (bicyclic) bond motifs is 1. The van der Waals surface area contributed by atoms with Crippen molar-refractivity contribution >= 4 is 11.2 Å². The number of hydrogen-bond acceptors (Lipinski definition) is 1. The molecular weight excluding hydrogens is 160 g/mol. The van der Waals surface area contributed by atoms with Crippen molar-refractivity contribution in [1.82, 2.24) is 4.40 Å². The molecule has 0 aliphatic rings. The summed E-state index contributed by atoms with van der Waals surface area (Å²) in [5.41, 5.74) is 2.47. The number of nitrogens with one attached hydrogen (secondary N) is 1. The first kappa shape index (κ1) is 8.17. The normalized spacial score (nSPS) is 10.5. The third-order valence-electron chi connectivity index (χ3n) is 2.13. The Morgan fingerprint density at radius 1 is 1.23 bits per heavy atom. The summed E-state index contributed by atoms with van der Waals surface area (Å²) < 4.78 is 2.12. The van der Waals surface area contributed by atoms with Gasteiger partial charge in [-0.1, -0.05) is 13.0 Å². The summed E-state index contributed by atoms with van der Waals surface area (Å²) in [7, 11) is 0. The Bertz CT molecular complexity index is 390. The minimum atomic E-state index is 1.04. The molecule has 0 amide bonds. The Kier molecular flexibility index (Phi) is 2.21. The predicted octanol–water partition coefficient (Wildman–Crippen LogP) is 2.76. The second-order valence-corrected chi connectivity index (χ2v) is 3.15. The number of aromatic nitrogens is 1. The first-order valence-electron chi connectivity index (χ1n) is 4.71. The maximum Gasteiger partial charge on any atom is 0.0683 e. The van der Waals surface area contributed by atoms with E-state index in [0.717, 1.165) is 13.0 Å². The highest BCUT2D eigenvalue weighted by Crippen LogP contribution is 2.17. The molecule has 0 aromatic carbocycles. The van der Waals surface area contributed by atoms with Crippen molar-refractivity contribution in [3.05, 3.63) is 36.7 Å². The Hall–Kier alpha value is -1.44. The SMILES string of the molecule is CCCNc1ccn2ccccc12. The van der Waals surface area contributed by atoms with Crippen LogP contribution in [0.25, 0.3) is 5.52 Å². The van der Waals surface area contributed by atoms with Crippen LogP contribution in [0.3, 0.4) is 0 Å². The molecule has 2 aromatic rings. The van der Waals surface area contributed by atoms with E-state index in [1.807, 2.05) is 6.07 Å². The van der Waals surface area contributed by atoms with E-state index in [1.165, 1.54) is 11.2 Å². The van der Waals surface area contributed by atoms with E-state index in [9.17, 15) is 0 Å². The van der Waals surface area contributed by atoms with Gasteiger partial charge in [-0.15, -0.1) is 0 Å². The molecule has 0 aliphatic heterocycles. The van der Waals surface area contributed by atoms with Crippen molar-refractivity contribution in [2.75, 3.05) is 11.9 Å². The molecular formula is C11H14N2. The number of rotatable bonds is 3. The van der Waals surface area contributed by atoms with Gasteiger partial charge in [-0.2, -0.15) is 0 Å². The lowest BCUT2D eigenvalue weighted by Crippen LogP contribution is -1.98. The van der Waals surface area contributed by atoms with Crippen LogP contribution in [0.5, 0.6) is 0 Å². The molecule has 13 heavy (non-hydrogen) atoms. The van der Waals surface area contributed by atoms with Gasteiger partial charge < -0.3 is 9.72 Å². The molecule has 2 heterocycles. The second-order valence-electron chi connectivity index (χ2n) is 3.15. The van der Waals surface area contributed by atoms with Gasteiger partial charge in [-0.3, -0.25) is 0 Å². The zero-order chi connectivity index (χ0) is 9.10. The lowest BCUT2D eigenvalue weighted by atomic mass is 10.3. The summed E-state index contributed by atoms with van der Waals surface area (Å²) in [5.74, 6) is 0. The molecule has 0 radical (unpaired) electrons. The van der Waals surface area contributed by atoms with E-state index in [-0.39, 0.29) is 0 Å². The van der Waals surface area contributed by atoms with Gasteiger partial charge in [0.25, 0.3) is 0 Å². The fourth-order valence-corrected chi connectivity index (χ4v) is 1.46. The van der Waals surface area contributed by atoms with Crippen LogP contribution >= 0.6 is 0 Å². The summed E-state index contributed by atoms with van der Waals surface area (Å²) in [6, 6.07) is 8.34. The highest BCUT2D eigenvalue weighted by atomic mass is 14.9. The van der Waals surface area contributed by atoms with Crippen LogP contribution in [0.1, 0.15) is 13.3 Å². The molecule has 0 saturated heterocycles. The summed E-state index contributed by atoms with van der Waals surface area (Å²) in [6.07, 6.45) is 5.30. The highest BCUT2D eigenvalue weighted by molar-refractivity contribution is 5.72. The van der Waals surface area contributed by atoms with E-state index >= 15 is 0 Å². The zero-order valence-corrected chi connectivity index (χ0v) is 7.83. The van der Waals surface area contributed by atoms with E-state index < -0.39 is 0 Å². The zero-order valence-electron chi connectivity index (χ0n) is 7.83. The largest absolute Gasteiger partial charge is 0.383 e. The van der Waals surface area contributed by atoms with Crippen molar-refractivity contribution in [3.63, 3.8) is 0 Å². The molecule has 0 spiro atoms. The molecule has 1 N–H and O–H groups in total. The Balaban J connectivity index is 2.35. The maximum atomic E-state index is 3.40. The van der Waals surface area contributed by atoms with E-state index in [1.54, 1.807) is 0 Å². The van der Waals surface area contributed by atoms with Gasteiger partial charge in [-0.05, 0) is 24.6 Å². The fraction of sp³-hybridized carbons (Fsp3) is 0.273. The molecule has 0 aliphatic carbocycles.